The number of anilines is 2. The number of halogens is 1. The Morgan fingerprint density at radius 3 is 2.66 bits per heavy atom. The van der Waals surface area contributed by atoms with Gasteiger partial charge in [-0.15, -0.1) is 5.10 Å². The van der Waals surface area contributed by atoms with E-state index >= 15 is 0 Å². The molecular weight excluding hydrogens is 463 g/mol. The van der Waals surface area contributed by atoms with Gasteiger partial charge in [-0.2, -0.15) is 4.98 Å². The number of hydrogen-bond acceptors (Lipinski definition) is 6. The van der Waals surface area contributed by atoms with Crippen molar-refractivity contribution in [3.8, 4) is 0 Å². The van der Waals surface area contributed by atoms with Gasteiger partial charge in [-0.25, -0.2) is 9.07 Å². The molecule has 2 N–H and O–H groups in total. The normalized spacial score (nSPS) is 14.9. The van der Waals surface area contributed by atoms with E-state index in [-0.39, 0.29) is 11.7 Å². The molecule has 1 aliphatic heterocycles. The zero-order valence-corrected chi connectivity index (χ0v) is 20.0. The second kappa shape index (κ2) is 9.71. The van der Waals surface area contributed by atoms with Gasteiger partial charge in [0.2, 0.25) is 11.1 Å². The second-order valence-electron chi connectivity index (χ2n) is 8.22. The summed E-state index contributed by atoms with van der Waals surface area (Å²) in [7, 11) is 0. The number of aromatic nitrogens is 4. The molecule has 4 aromatic rings. The Hall–Kier alpha value is -3.98. The Morgan fingerprint density at radius 1 is 1.11 bits per heavy atom. The standard InChI is InChI=1S/C26H23FN6OS/c1-16-9-11-18(12-10-16)23-22(24(34)30-20-7-5-13-28-14-20)17(2)29-25-31-26(32-33(23)25)35-15-19-6-3-4-8-21(19)27/h3-14,23H,15H2,1-2H3,(H,30,34)(H,29,31,32)/t23-/m0/s1. The van der Waals surface area contributed by atoms with E-state index in [1.54, 1.807) is 47.4 Å². The highest BCUT2D eigenvalue weighted by atomic mass is 32.2. The fourth-order valence-electron chi connectivity index (χ4n) is 3.94. The van der Waals surface area contributed by atoms with Crippen molar-refractivity contribution in [2.24, 2.45) is 0 Å². The molecular formula is C26H23FN6OS. The van der Waals surface area contributed by atoms with Crippen LogP contribution in [0.2, 0.25) is 0 Å². The highest BCUT2D eigenvalue weighted by Gasteiger charge is 2.34. The molecule has 0 aliphatic carbocycles. The molecule has 3 heterocycles. The number of aryl methyl sites for hydroxylation is 1. The van der Waals surface area contributed by atoms with Crippen LogP contribution in [0.4, 0.5) is 16.0 Å². The largest absolute Gasteiger partial charge is 0.328 e. The average Bonchev–Trinajstić information content (AvgIpc) is 3.26. The Bertz CT molecular complexity index is 1400. The van der Waals surface area contributed by atoms with E-state index in [0.717, 1.165) is 11.1 Å². The zero-order chi connectivity index (χ0) is 24.4. The number of carbonyl (C=O) groups excluding carboxylic acids is 1. The van der Waals surface area contributed by atoms with Gasteiger partial charge in [0.05, 0.1) is 17.5 Å². The molecule has 5 rings (SSSR count). The summed E-state index contributed by atoms with van der Waals surface area (Å²) in [5.41, 5.74) is 4.42. The fraction of sp³-hybridized carbons (Fsp3) is 0.154. The van der Waals surface area contributed by atoms with Gasteiger partial charge in [0.1, 0.15) is 11.9 Å². The molecule has 0 spiro atoms. The first-order valence-electron chi connectivity index (χ1n) is 11.1. The lowest BCUT2D eigenvalue weighted by Gasteiger charge is -2.28. The lowest BCUT2D eigenvalue weighted by atomic mass is 9.94. The molecule has 2 aromatic heterocycles. The maximum atomic E-state index is 14.1. The van der Waals surface area contributed by atoms with Crippen LogP contribution in [-0.2, 0) is 10.5 Å². The van der Waals surface area contributed by atoms with Gasteiger partial charge >= 0.3 is 0 Å². The van der Waals surface area contributed by atoms with Crippen LogP contribution in [0.1, 0.15) is 29.7 Å². The zero-order valence-electron chi connectivity index (χ0n) is 19.2. The third kappa shape index (κ3) is 4.81. The molecule has 1 amide bonds. The minimum Gasteiger partial charge on any atom is -0.328 e. The van der Waals surface area contributed by atoms with Gasteiger partial charge in [-0.3, -0.25) is 9.78 Å². The Labute approximate surface area is 206 Å². The maximum absolute atomic E-state index is 14.1. The van der Waals surface area contributed by atoms with E-state index in [2.05, 4.69) is 20.6 Å². The lowest BCUT2D eigenvalue weighted by molar-refractivity contribution is -0.113. The van der Waals surface area contributed by atoms with Crippen LogP contribution < -0.4 is 10.6 Å². The molecule has 35 heavy (non-hydrogen) atoms. The molecule has 1 aliphatic rings. The highest BCUT2D eigenvalue weighted by Crippen LogP contribution is 2.37. The maximum Gasteiger partial charge on any atom is 0.255 e. The number of nitrogens with zero attached hydrogens (tertiary/aromatic N) is 4. The SMILES string of the molecule is CC1=C(C(=O)Nc2cccnc2)[C@H](c2ccc(C)cc2)n2nc(SCc3ccccc3F)nc2N1. The number of amides is 1. The fourth-order valence-corrected chi connectivity index (χ4v) is 4.75. The summed E-state index contributed by atoms with van der Waals surface area (Å²) < 4.78 is 15.8. The predicted molar refractivity (Wildman–Crippen MR) is 134 cm³/mol. The van der Waals surface area contributed by atoms with Gasteiger partial charge in [-0.1, -0.05) is 59.8 Å². The molecule has 0 fully saturated rings. The van der Waals surface area contributed by atoms with Crippen LogP contribution in [0.15, 0.2) is 89.5 Å². The first kappa shape index (κ1) is 22.8. The van der Waals surface area contributed by atoms with Crippen LogP contribution in [-0.4, -0.2) is 25.7 Å². The van der Waals surface area contributed by atoms with Gasteiger partial charge in [-0.05, 0) is 43.2 Å². The van der Waals surface area contributed by atoms with Crippen molar-refractivity contribution >= 4 is 29.3 Å². The van der Waals surface area contributed by atoms with Crippen molar-refractivity contribution in [1.82, 2.24) is 19.7 Å². The van der Waals surface area contributed by atoms with Crippen molar-refractivity contribution in [1.29, 1.82) is 0 Å². The number of pyridine rings is 1. The van der Waals surface area contributed by atoms with Crippen LogP contribution in [0, 0.1) is 12.7 Å². The van der Waals surface area contributed by atoms with Gasteiger partial charge < -0.3 is 10.6 Å². The highest BCUT2D eigenvalue weighted by molar-refractivity contribution is 7.98. The second-order valence-corrected chi connectivity index (χ2v) is 9.16. The minimum atomic E-state index is -0.487. The number of rotatable bonds is 6. The number of hydrogen-bond donors (Lipinski definition) is 2. The number of benzene rings is 2. The molecule has 9 heteroatoms. The molecule has 2 aromatic carbocycles. The summed E-state index contributed by atoms with van der Waals surface area (Å²) in [6.45, 7) is 3.87. The number of allylic oxidation sites excluding steroid dienone is 1. The minimum absolute atomic E-state index is 0.254. The summed E-state index contributed by atoms with van der Waals surface area (Å²) in [5.74, 6) is 0.412. The van der Waals surface area contributed by atoms with Crippen molar-refractivity contribution in [2.45, 2.75) is 30.8 Å². The van der Waals surface area contributed by atoms with Crippen LogP contribution in [0.5, 0.6) is 0 Å². The van der Waals surface area contributed by atoms with E-state index in [4.69, 9.17) is 5.10 Å². The summed E-state index contributed by atoms with van der Waals surface area (Å²) in [4.78, 5) is 22.1. The molecule has 176 valence electrons. The van der Waals surface area contributed by atoms with Gasteiger partial charge in [0.15, 0.2) is 0 Å². The Kier molecular flexibility index (Phi) is 6.33. The van der Waals surface area contributed by atoms with E-state index in [1.165, 1.54) is 17.8 Å². The number of thioether (sulfide) groups is 1. The lowest BCUT2D eigenvalue weighted by Crippen LogP contribution is -2.31. The summed E-state index contributed by atoms with van der Waals surface area (Å²) >= 11 is 1.34. The third-order valence-electron chi connectivity index (χ3n) is 5.70. The van der Waals surface area contributed by atoms with Crippen molar-refractivity contribution in [2.75, 3.05) is 10.6 Å². The molecule has 0 saturated heterocycles. The number of carbonyl (C=O) groups is 1. The molecule has 0 saturated carbocycles. The summed E-state index contributed by atoms with van der Waals surface area (Å²) in [5, 5.41) is 11.4. The molecule has 0 radical (unpaired) electrons. The molecule has 1 atom stereocenters. The van der Waals surface area contributed by atoms with E-state index in [1.807, 2.05) is 38.1 Å². The third-order valence-corrected chi connectivity index (χ3v) is 6.59. The average molecular weight is 487 g/mol. The quantitative estimate of drug-likeness (QED) is 0.358. The topological polar surface area (TPSA) is 84.7 Å². The van der Waals surface area contributed by atoms with Crippen LogP contribution >= 0.6 is 11.8 Å². The molecule has 7 nitrogen and oxygen atoms in total. The Morgan fingerprint density at radius 2 is 1.91 bits per heavy atom. The van der Waals surface area contributed by atoms with Crippen LogP contribution in [0.3, 0.4) is 0 Å². The molecule has 0 unspecified atom stereocenters. The summed E-state index contributed by atoms with van der Waals surface area (Å²) in [6.07, 6.45) is 3.25. The summed E-state index contributed by atoms with van der Waals surface area (Å²) in [6, 6.07) is 17.7. The van der Waals surface area contributed by atoms with Gasteiger partial charge in [0, 0.05) is 17.6 Å². The first-order valence-corrected chi connectivity index (χ1v) is 12.1. The van der Waals surface area contributed by atoms with E-state index < -0.39 is 6.04 Å². The Balaban J connectivity index is 1.49. The van der Waals surface area contributed by atoms with E-state index in [0.29, 0.717) is 39.4 Å². The van der Waals surface area contributed by atoms with Gasteiger partial charge in [0.25, 0.3) is 5.91 Å². The number of nitrogens with one attached hydrogen (secondary N) is 2. The number of fused-ring (bicyclic) bond motifs is 1. The van der Waals surface area contributed by atoms with Crippen LogP contribution in [0.25, 0.3) is 0 Å². The van der Waals surface area contributed by atoms with Crippen molar-refractivity contribution in [3.05, 3.63) is 107 Å². The van der Waals surface area contributed by atoms with E-state index in [9.17, 15) is 9.18 Å². The molecule has 0 bridgehead atoms. The van der Waals surface area contributed by atoms with Crippen molar-refractivity contribution < 1.29 is 9.18 Å². The predicted octanol–water partition coefficient (Wildman–Crippen LogP) is 5.34. The van der Waals surface area contributed by atoms with Crippen molar-refractivity contribution in [3.63, 3.8) is 0 Å². The monoisotopic (exact) mass is 486 g/mol. The smallest absolute Gasteiger partial charge is 0.255 e. The first-order chi connectivity index (χ1) is 17.0.